The van der Waals surface area contributed by atoms with Crippen molar-refractivity contribution >= 4 is 33.3 Å². The van der Waals surface area contributed by atoms with Crippen LogP contribution in [0.1, 0.15) is 0 Å². The molecule has 0 aromatic carbocycles. The molecule has 0 aliphatic rings. The Morgan fingerprint density at radius 1 is 1.27 bits per heavy atom. The van der Waals surface area contributed by atoms with Crippen molar-refractivity contribution in [2.75, 3.05) is 11.5 Å². The molecule has 0 unspecified atom stereocenters. The molecule has 0 radical (unpaired) electrons. The van der Waals surface area contributed by atoms with E-state index in [-0.39, 0.29) is 5.95 Å². The van der Waals surface area contributed by atoms with Crippen molar-refractivity contribution in [2.24, 2.45) is 0 Å². The van der Waals surface area contributed by atoms with Crippen molar-refractivity contribution in [1.29, 1.82) is 0 Å². The number of thiophene rings is 1. The first-order chi connectivity index (χ1) is 5.27. The van der Waals surface area contributed by atoms with E-state index in [2.05, 4.69) is 9.97 Å². The summed E-state index contributed by atoms with van der Waals surface area (Å²) in [7, 11) is 0. The van der Waals surface area contributed by atoms with Gasteiger partial charge in [-0.25, -0.2) is 4.98 Å². The number of rotatable bonds is 0. The van der Waals surface area contributed by atoms with Crippen LogP contribution in [-0.4, -0.2) is 9.97 Å². The van der Waals surface area contributed by atoms with Crippen molar-refractivity contribution in [3.8, 4) is 0 Å². The average Bonchev–Trinajstić information content (AvgIpc) is 2.34. The second-order valence-electron chi connectivity index (χ2n) is 2.11. The lowest BCUT2D eigenvalue weighted by molar-refractivity contribution is 1.26. The molecule has 0 spiro atoms. The number of fused-ring (bicyclic) bond motifs is 1. The summed E-state index contributed by atoms with van der Waals surface area (Å²) in [5.74, 6) is 0.686. The number of hydrogen-bond acceptors (Lipinski definition) is 5. The maximum Gasteiger partial charge on any atom is 0.223 e. The quantitative estimate of drug-likeness (QED) is 0.608. The highest BCUT2D eigenvalue weighted by atomic mass is 32.1. The zero-order chi connectivity index (χ0) is 7.84. The minimum absolute atomic E-state index is 0.234. The van der Waals surface area contributed by atoms with Crippen LogP contribution in [-0.2, 0) is 0 Å². The molecular weight excluding hydrogens is 160 g/mol. The summed E-state index contributed by atoms with van der Waals surface area (Å²) >= 11 is 1.50. The van der Waals surface area contributed by atoms with Gasteiger partial charge in [0.05, 0.1) is 5.39 Å². The molecule has 0 bridgehead atoms. The topological polar surface area (TPSA) is 77.8 Å². The third-order valence-corrected chi connectivity index (χ3v) is 2.18. The fourth-order valence-corrected chi connectivity index (χ4v) is 1.67. The van der Waals surface area contributed by atoms with Crippen LogP contribution < -0.4 is 11.5 Å². The molecule has 0 saturated carbocycles. The van der Waals surface area contributed by atoms with Gasteiger partial charge in [0.1, 0.15) is 10.6 Å². The predicted octanol–water partition coefficient (Wildman–Crippen LogP) is 0.856. The predicted molar refractivity (Wildman–Crippen MR) is 46.2 cm³/mol. The Morgan fingerprint density at radius 2 is 2.09 bits per heavy atom. The molecule has 4 nitrogen and oxygen atoms in total. The lowest BCUT2D eigenvalue weighted by Crippen LogP contribution is -1.98. The fraction of sp³-hybridized carbons (Fsp3) is 0. The summed E-state index contributed by atoms with van der Waals surface area (Å²) in [6.07, 6.45) is 0. The monoisotopic (exact) mass is 166 g/mol. The summed E-state index contributed by atoms with van der Waals surface area (Å²) in [6.45, 7) is 0. The molecule has 0 amide bonds. The highest BCUT2D eigenvalue weighted by molar-refractivity contribution is 7.16. The molecular formula is C6H6N4S. The van der Waals surface area contributed by atoms with E-state index in [0.29, 0.717) is 5.82 Å². The normalized spacial score (nSPS) is 10.5. The minimum atomic E-state index is 0.234. The molecule has 0 fully saturated rings. The standard InChI is InChI=1S/C6H6N4S/c7-4-3-1-2-11-5(3)10-6(8)9-4/h1-2H,(H4,7,8,9,10). The summed E-state index contributed by atoms with van der Waals surface area (Å²) in [5.41, 5.74) is 11.0. The Labute approximate surface area is 66.9 Å². The van der Waals surface area contributed by atoms with E-state index in [1.165, 1.54) is 11.3 Å². The van der Waals surface area contributed by atoms with Crippen LogP contribution >= 0.6 is 11.3 Å². The first kappa shape index (κ1) is 6.36. The van der Waals surface area contributed by atoms with Crippen LogP contribution in [0, 0.1) is 0 Å². The van der Waals surface area contributed by atoms with Gasteiger partial charge < -0.3 is 11.5 Å². The summed E-state index contributed by atoms with van der Waals surface area (Å²) in [5, 5.41) is 2.79. The first-order valence-electron chi connectivity index (χ1n) is 3.03. The Kier molecular flexibility index (Phi) is 1.19. The number of nitrogens with two attached hydrogens (primary N) is 2. The second-order valence-corrected chi connectivity index (χ2v) is 3.00. The van der Waals surface area contributed by atoms with Gasteiger partial charge >= 0.3 is 0 Å². The van der Waals surface area contributed by atoms with Crippen LogP contribution in [0.4, 0.5) is 11.8 Å². The van der Waals surface area contributed by atoms with Crippen LogP contribution in [0.25, 0.3) is 10.2 Å². The Balaban J connectivity index is 2.91. The zero-order valence-electron chi connectivity index (χ0n) is 5.61. The minimum Gasteiger partial charge on any atom is -0.383 e. The maximum atomic E-state index is 5.58. The van der Waals surface area contributed by atoms with Gasteiger partial charge in [-0.05, 0) is 11.4 Å². The molecule has 2 aromatic heterocycles. The van der Waals surface area contributed by atoms with E-state index < -0.39 is 0 Å². The molecule has 2 heterocycles. The van der Waals surface area contributed by atoms with Gasteiger partial charge in [-0.15, -0.1) is 11.3 Å². The van der Waals surface area contributed by atoms with Gasteiger partial charge in [-0.3, -0.25) is 0 Å². The Bertz CT molecular complexity index is 394. The highest BCUT2D eigenvalue weighted by Crippen LogP contribution is 2.22. The van der Waals surface area contributed by atoms with E-state index in [1.54, 1.807) is 0 Å². The largest absolute Gasteiger partial charge is 0.383 e. The van der Waals surface area contributed by atoms with Gasteiger partial charge in [0.15, 0.2) is 0 Å². The van der Waals surface area contributed by atoms with Crippen molar-refractivity contribution in [3.63, 3.8) is 0 Å². The molecule has 0 aliphatic carbocycles. The lowest BCUT2D eigenvalue weighted by Gasteiger charge is -1.95. The van der Waals surface area contributed by atoms with Crippen molar-refractivity contribution in [2.45, 2.75) is 0 Å². The van der Waals surface area contributed by atoms with Gasteiger partial charge in [-0.2, -0.15) is 4.98 Å². The summed E-state index contributed by atoms with van der Waals surface area (Å²) < 4.78 is 0. The van der Waals surface area contributed by atoms with Gasteiger partial charge in [0.25, 0.3) is 0 Å². The van der Waals surface area contributed by atoms with E-state index >= 15 is 0 Å². The summed E-state index contributed by atoms with van der Waals surface area (Å²) in [4.78, 5) is 8.67. The number of nitrogens with zero attached hydrogens (tertiary/aromatic N) is 2. The Hall–Kier alpha value is -1.36. The molecule has 0 atom stereocenters. The first-order valence-corrected chi connectivity index (χ1v) is 3.91. The number of nitrogen functional groups attached to an aromatic ring is 2. The van der Waals surface area contributed by atoms with E-state index in [4.69, 9.17) is 11.5 Å². The van der Waals surface area contributed by atoms with Crippen LogP contribution in [0.5, 0.6) is 0 Å². The highest BCUT2D eigenvalue weighted by Gasteiger charge is 2.02. The Morgan fingerprint density at radius 3 is 2.91 bits per heavy atom. The smallest absolute Gasteiger partial charge is 0.223 e. The molecule has 11 heavy (non-hydrogen) atoms. The van der Waals surface area contributed by atoms with Crippen molar-refractivity contribution in [1.82, 2.24) is 9.97 Å². The van der Waals surface area contributed by atoms with Crippen LogP contribution in [0.2, 0.25) is 0 Å². The maximum absolute atomic E-state index is 5.58. The molecule has 0 saturated heterocycles. The van der Waals surface area contributed by atoms with Crippen molar-refractivity contribution in [3.05, 3.63) is 11.4 Å². The van der Waals surface area contributed by atoms with Gasteiger partial charge in [0.2, 0.25) is 5.95 Å². The number of hydrogen-bond donors (Lipinski definition) is 2. The van der Waals surface area contributed by atoms with Crippen LogP contribution in [0.15, 0.2) is 11.4 Å². The third kappa shape index (κ3) is 0.894. The summed E-state index contributed by atoms with van der Waals surface area (Å²) in [6, 6.07) is 1.88. The molecule has 2 aromatic rings. The van der Waals surface area contributed by atoms with E-state index in [9.17, 15) is 0 Å². The van der Waals surface area contributed by atoms with Gasteiger partial charge in [0, 0.05) is 0 Å². The second kappa shape index (κ2) is 2.06. The number of anilines is 2. The lowest BCUT2D eigenvalue weighted by atomic mass is 10.4. The zero-order valence-corrected chi connectivity index (χ0v) is 6.43. The molecule has 2 rings (SSSR count). The fourth-order valence-electron chi connectivity index (χ4n) is 0.895. The van der Waals surface area contributed by atoms with E-state index in [1.807, 2.05) is 11.4 Å². The van der Waals surface area contributed by atoms with Crippen molar-refractivity contribution < 1.29 is 0 Å². The number of aromatic nitrogens is 2. The van der Waals surface area contributed by atoms with Gasteiger partial charge in [-0.1, -0.05) is 0 Å². The van der Waals surface area contributed by atoms with Crippen LogP contribution in [0.3, 0.4) is 0 Å². The van der Waals surface area contributed by atoms with E-state index in [0.717, 1.165) is 10.2 Å². The molecule has 4 N–H and O–H groups in total. The molecule has 56 valence electrons. The molecule has 5 heteroatoms. The SMILES string of the molecule is Nc1nc(N)c2ccsc2n1. The average molecular weight is 166 g/mol. The molecule has 0 aliphatic heterocycles. The third-order valence-electron chi connectivity index (χ3n) is 1.37.